The Balaban J connectivity index is 1.57. The Hall–Kier alpha value is -2.18. The second-order valence-electron chi connectivity index (χ2n) is 5.35. The number of aromatic nitrogens is 2. The van der Waals surface area contributed by atoms with Gasteiger partial charge in [0, 0.05) is 31.3 Å². The minimum absolute atomic E-state index is 0.491. The lowest BCUT2D eigenvalue weighted by Gasteiger charge is -2.26. The molecule has 1 aliphatic heterocycles. The first kappa shape index (κ1) is 15.7. The van der Waals surface area contributed by atoms with Crippen molar-refractivity contribution in [1.29, 1.82) is 0 Å². The van der Waals surface area contributed by atoms with Crippen LogP contribution in [0.2, 0.25) is 0 Å². The van der Waals surface area contributed by atoms with Crippen molar-refractivity contribution in [3.05, 3.63) is 41.5 Å². The molecule has 1 saturated heterocycles. The largest absolute Gasteiger partial charge is 0.492 e. The van der Waals surface area contributed by atoms with Crippen LogP contribution in [0.15, 0.2) is 28.8 Å². The van der Waals surface area contributed by atoms with E-state index in [9.17, 15) is 0 Å². The van der Waals surface area contributed by atoms with Crippen molar-refractivity contribution >= 4 is 12.2 Å². The van der Waals surface area contributed by atoms with Gasteiger partial charge in [0.25, 0.3) is 5.89 Å². The number of para-hydroxylation sites is 1. The number of benzene rings is 1. The normalized spacial score (nSPS) is 16.0. The number of nitrogens with zero attached hydrogens (tertiary/aromatic N) is 3. The van der Waals surface area contributed by atoms with Gasteiger partial charge in [-0.25, -0.2) is 0 Å². The minimum atomic E-state index is 0.491. The summed E-state index contributed by atoms with van der Waals surface area (Å²) in [5.41, 5.74) is 0.991. The molecule has 0 saturated carbocycles. The fraction of sp³-hybridized carbons (Fsp3) is 0.412. The molecule has 1 aromatic carbocycles. The molecule has 2 heterocycles. The number of rotatable bonds is 6. The van der Waals surface area contributed by atoms with Gasteiger partial charge in [-0.05, 0) is 19.1 Å². The average Bonchev–Trinajstić information content (AvgIpc) is 3.00. The van der Waals surface area contributed by atoms with E-state index in [4.69, 9.17) is 14.0 Å². The molecule has 0 atom stereocenters. The molecular formula is C17H21N3O3. The summed E-state index contributed by atoms with van der Waals surface area (Å²) in [5.74, 6) is 1.97. The van der Waals surface area contributed by atoms with Crippen molar-refractivity contribution in [2.24, 2.45) is 0 Å². The van der Waals surface area contributed by atoms with Gasteiger partial charge in [0.1, 0.15) is 12.4 Å². The molecule has 3 rings (SSSR count). The highest BCUT2D eigenvalue weighted by Crippen LogP contribution is 2.20. The van der Waals surface area contributed by atoms with E-state index in [-0.39, 0.29) is 0 Å². The Labute approximate surface area is 135 Å². The zero-order valence-electron chi connectivity index (χ0n) is 13.3. The molecule has 1 fully saturated rings. The fourth-order valence-electron chi connectivity index (χ4n) is 2.40. The highest BCUT2D eigenvalue weighted by atomic mass is 16.5. The molecule has 0 amide bonds. The first-order valence-corrected chi connectivity index (χ1v) is 7.81. The van der Waals surface area contributed by atoms with Gasteiger partial charge in [0.15, 0.2) is 5.82 Å². The summed E-state index contributed by atoms with van der Waals surface area (Å²) in [6.45, 7) is 6.92. The molecule has 6 heteroatoms. The van der Waals surface area contributed by atoms with E-state index in [1.54, 1.807) is 13.0 Å². The Bertz CT molecular complexity index is 648. The van der Waals surface area contributed by atoms with Gasteiger partial charge in [-0.15, -0.1) is 0 Å². The highest BCUT2D eigenvalue weighted by Gasteiger charge is 2.10. The standard InChI is InChI=1S/C17H21N3O3/c1-14-18-17(23-19-14)7-6-15-4-2-3-5-16(15)22-13-10-20-8-11-21-12-9-20/h2-7H,8-13H2,1H3. The minimum Gasteiger partial charge on any atom is -0.492 e. The summed E-state index contributed by atoms with van der Waals surface area (Å²) in [6.07, 6.45) is 3.72. The summed E-state index contributed by atoms with van der Waals surface area (Å²) in [6, 6.07) is 7.92. The molecule has 122 valence electrons. The lowest BCUT2D eigenvalue weighted by Crippen LogP contribution is -2.38. The number of hydrogen-bond donors (Lipinski definition) is 0. The van der Waals surface area contributed by atoms with Crippen molar-refractivity contribution in [2.75, 3.05) is 39.5 Å². The first-order valence-electron chi connectivity index (χ1n) is 7.81. The molecule has 0 aliphatic carbocycles. The third kappa shape index (κ3) is 4.64. The third-order valence-corrected chi connectivity index (χ3v) is 3.64. The van der Waals surface area contributed by atoms with E-state index in [2.05, 4.69) is 15.0 Å². The number of morpholine rings is 1. The van der Waals surface area contributed by atoms with Gasteiger partial charge in [-0.3, -0.25) is 4.90 Å². The summed E-state index contributed by atoms with van der Waals surface area (Å²) < 4.78 is 16.4. The van der Waals surface area contributed by atoms with Gasteiger partial charge in [-0.1, -0.05) is 23.4 Å². The molecule has 2 aromatic rings. The van der Waals surface area contributed by atoms with E-state index in [0.717, 1.165) is 44.2 Å². The first-order chi connectivity index (χ1) is 11.3. The molecule has 23 heavy (non-hydrogen) atoms. The summed E-state index contributed by atoms with van der Waals surface area (Å²) >= 11 is 0. The molecule has 1 aliphatic rings. The maximum atomic E-state index is 5.93. The van der Waals surface area contributed by atoms with Gasteiger partial charge in [-0.2, -0.15) is 4.98 Å². The molecule has 1 aromatic heterocycles. The van der Waals surface area contributed by atoms with Crippen LogP contribution in [0.5, 0.6) is 5.75 Å². The van der Waals surface area contributed by atoms with Crippen LogP contribution in [0.25, 0.3) is 12.2 Å². The van der Waals surface area contributed by atoms with Crippen LogP contribution in [0.4, 0.5) is 0 Å². The van der Waals surface area contributed by atoms with Crippen LogP contribution >= 0.6 is 0 Å². The smallest absolute Gasteiger partial charge is 0.250 e. The predicted molar refractivity (Wildman–Crippen MR) is 87.2 cm³/mol. The van der Waals surface area contributed by atoms with E-state index in [1.165, 1.54) is 0 Å². The number of ether oxygens (including phenoxy) is 2. The summed E-state index contributed by atoms with van der Waals surface area (Å²) in [5, 5.41) is 3.77. The quantitative estimate of drug-likeness (QED) is 0.815. The second-order valence-corrected chi connectivity index (χ2v) is 5.35. The molecular weight excluding hydrogens is 294 g/mol. The highest BCUT2D eigenvalue weighted by molar-refractivity contribution is 5.69. The van der Waals surface area contributed by atoms with Crippen LogP contribution in [0, 0.1) is 6.92 Å². The third-order valence-electron chi connectivity index (χ3n) is 3.64. The van der Waals surface area contributed by atoms with E-state index >= 15 is 0 Å². The zero-order chi connectivity index (χ0) is 15.9. The van der Waals surface area contributed by atoms with Crippen LogP contribution in [-0.2, 0) is 4.74 Å². The number of aryl methyl sites for hydroxylation is 1. The molecule has 0 bridgehead atoms. The fourth-order valence-corrected chi connectivity index (χ4v) is 2.40. The van der Waals surface area contributed by atoms with Crippen molar-refractivity contribution in [3.63, 3.8) is 0 Å². The summed E-state index contributed by atoms with van der Waals surface area (Å²) in [7, 11) is 0. The molecule has 0 unspecified atom stereocenters. The van der Waals surface area contributed by atoms with Crippen LogP contribution < -0.4 is 4.74 Å². The molecule has 6 nitrogen and oxygen atoms in total. The average molecular weight is 315 g/mol. The maximum Gasteiger partial charge on any atom is 0.250 e. The lowest BCUT2D eigenvalue weighted by atomic mass is 10.2. The predicted octanol–water partition coefficient (Wildman–Crippen LogP) is 2.26. The summed E-state index contributed by atoms with van der Waals surface area (Å²) in [4.78, 5) is 6.51. The lowest BCUT2D eigenvalue weighted by molar-refractivity contribution is 0.0322. The van der Waals surface area contributed by atoms with Gasteiger partial charge in [0.2, 0.25) is 0 Å². The SMILES string of the molecule is Cc1noc(C=Cc2ccccc2OCCN2CCOCC2)n1. The van der Waals surface area contributed by atoms with Crippen LogP contribution in [-0.4, -0.2) is 54.5 Å². The second kappa shape index (κ2) is 7.89. The van der Waals surface area contributed by atoms with E-state index < -0.39 is 0 Å². The van der Waals surface area contributed by atoms with Gasteiger partial charge in [0.05, 0.1) is 13.2 Å². The Morgan fingerprint density at radius 2 is 2.04 bits per heavy atom. The van der Waals surface area contributed by atoms with Crippen LogP contribution in [0.1, 0.15) is 17.3 Å². The van der Waals surface area contributed by atoms with Crippen LogP contribution in [0.3, 0.4) is 0 Å². The van der Waals surface area contributed by atoms with Gasteiger partial charge < -0.3 is 14.0 Å². The monoisotopic (exact) mass is 315 g/mol. The van der Waals surface area contributed by atoms with Crippen molar-refractivity contribution < 1.29 is 14.0 Å². The van der Waals surface area contributed by atoms with Crippen molar-refractivity contribution in [3.8, 4) is 5.75 Å². The van der Waals surface area contributed by atoms with E-state index in [0.29, 0.717) is 18.3 Å². The molecule has 0 spiro atoms. The maximum absolute atomic E-state index is 5.93. The Kier molecular flexibility index (Phi) is 5.39. The molecule has 0 radical (unpaired) electrons. The Morgan fingerprint density at radius 1 is 1.22 bits per heavy atom. The van der Waals surface area contributed by atoms with Gasteiger partial charge >= 0.3 is 0 Å². The zero-order valence-corrected chi connectivity index (χ0v) is 13.3. The number of hydrogen-bond acceptors (Lipinski definition) is 6. The Morgan fingerprint density at radius 3 is 2.83 bits per heavy atom. The van der Waals surface area contributed by atoms with Crippen molar-refractivity contribution in [1.82, 2.24) is 15.0 Å². The van der Waals surface area contributed by atoms with E-state index in [1.807, 2.05) is 30.3 Å². The topological polar surface area (TPSA) is 60.6 Å². The molecule has 0 N–H and O–H groups in total. The van der Waals surface area contributed by atoms with Crippen molar-refractivity contribution in [2.45, 2.75) is 6.92 Å².